The molecule has 1 heterocycles. The number of aryl methyl sites for hydroxylation is 2. The number of benzene rings is 1. The highest BCUT2D eigenvalue weighted by Gasteiger charge is 2.28. The zero-order valence-corrected chi connectivity index (χ0v) is 15.8. The Kier molecular flexibility index (Phi) is 5.24. The van der Waals surface area contributed by atoms with Gasteiger partial charge in [-0.1, -0.05) is 6.07 Å². The first kappa shape index (κ1) is 19.7. The fourth-order valence-corrected chi connectivity index (χ4v) is 4.15. The second-order valence-corrected chi connectivity index (χ2v) is 7.29. The molecule has 0 spiro atoms. The number of nitrogens with two attached hydrogens (primary N) is 2. The molecule has 0 unspecified atom stereocenters. The first-order valence-electron chi connectivity index (χ1n) is 7.85. The number of ether oxygens (including phenoxy) is 1. The molecule has 0 saturated carbocycles. The highest BCUT2D eigenvalue weighted by atomic mass is 32.2. The van der Waals surface area contributed by atoms with Gasteiger partial charge in [0.15, 0.2) is 5.56 Å². The van der Waals surface area contributed by atoms with Crippen molar-refractivity contribution in [3.05, 3.63) is 40.6 Å². The van der Waals surface area contributed by atoms with E-state index in [1.165, 1.54) is 6.20 Å². The van der Waals surface area contributed by atoms with Crippen molar-refractivity contribution < 1.29 is 27.2 Å². The molecule has 1 aromatic heterocycles. The van der Waals surface area contributed by atoms with E-state index in [0.29, 0.717) is 27.8 Å². The van der Waals surface area contributed by atoms with Crippen LogP contribution in [0, 0.1) is 20.8 Å². The van der Waals surface area contributed by atoms with E-state index < -0.39 is 16.1 Å². The van der Waals surface area contributed by atoms with Crippen LogP contribution in [0.15, 0.2) is 23.2 Å². The fraction of sp³-hybridized carbons (Fsp3) is 0.294. The van der Waals surface area contributed by atoms with Crippen LogP contribution in [0.3, 0.4) is 0 Å². The Labute approximate surface area is 152 Å². The van der Waals surface area contributed by atoms with Crippen LogP contribution in [0.5, 0.6) is 0 Å². The Hall–Kier alpha value is -2.65. The summed E-state index contributed by atoms with van der Waals surface area (Å²) in [7, 11) is -4.45. The van der Waals surface area contributed by atoms with Gasteiger partial charge in [0.25, 0.3) is 10.1 Å². The van der Waals surface area contributed by atoms with Crippen molar-refractivity contribution >= 4 is 21.9 Å². The van der Waals surface area contributed by atoms with Crippen molar-refractivity contribution in [3.63, 3.8) is 0 Å². The van der Waals surface area contributed by atoms with E-state index >= 15 is 0 Å². The zero-order chi connectivity index (χ0) is 19.8. The second kappa shape index (κ2) is 6.93. The smallest absolute Gasteiger partial charge is 0.347 e. The average molecular weight is 380 g/mol. The molecule has 0 aliphatic heterocycles. The van der Waals surface area contributed by atoms with Gasteiger partial charge in [-0.3, -0.25) is 16.1 Å². The number of hydrogen-bond acceptors (Lipinski definition) is 6. The number of carbonyl (C=O) groups excluding carboxylic acids is 1. The van der Waals surface area contributed by atoms with E-state index in [9.17, 15) is 17.8 Å². The third-order valence-electron chi connectivity index (χ3n) is 4.11. The molecular weight excluding hydrogens is 358 g/mol. The van der Waals surface area contributed by atoms with Crippen molar-refractivity contribution in [3.8, 4) is 11.1 Å². The fourth-order valence-electron chi connectivity index (χ4n) is 3.19. The molecule has 0 fully saturated rings. The molecule has 0 saturated heterocycles. The summed E-state index contributed by atoms with van der Waals surface area (Å²) in [6.07, 6.45) is 1.46. The summed E-state index contributed by atoms with van der Waals surface area (Å²) in [5.74, 6) is 5.06. The number of esters is 1. The molecule has 8 nitrogen and oxygen atoms in total. The topological polar surface area (TPSA) is 137 Å². The minimum atomic E-state index is -4.45. The average Bonchev–Trinajstić information content (AvgIpc) is 2.49. The molecular formula is C17H22N3O5S+. The molecule has 0 radical (unpaired) electrons. The van der Waals surface area contributed by atoms with Gasteiger partial charge in [0, 0.05) is 5.56 Å². The molecule has 1 aromatic carbocycles. The van der Waals surface area contributed by atoms with Crippen molar-refractivity contribution in [2.75, 3.05) is 18.2 Å². The Bertz CT molecular complexity index is 1000. The van der Waals surface area contributed by atoms with Gasteiger partial charge < -0.3 is 4.74 Å². The van der Waals surface area contributed by atoms with Gasteiger partial charge in [-0.2, -0.15) is 8.42 Å². The standard InChI is InChI=1S/C17H21N3O5S/c1-5-25-17(21)14-12(6-7-20(19)16(14)18)13-9(2)8-10(3)15(11(13)4)26(22,23)24/h6-8,18H,5,19H2,1-4H3,(H,22,23,24)/p+1. The first-order chi connectivity index (χ1) is 12.0. The molecule has 140 valence electrons. The summed E-state index contributed by atoms with van der Waals surface area (Å²) in [4.78, 5) is 12.2. The van der Waals surface area contributed by atoms with E-state index in [4.69, 9.17) is 16.3 Å². The lowest BCUT2D eigenvalue weighted by molar-refractivity contribution is -0.623. The van der Waals surface area contributed by atoms with Crippen LogP contribution in [0.2, 0.25) is 0 Å². The Morgan fingerprint density at radius 3 is 2.42 bits per heavy atom. The predicted octanol–water partition coefficient (Wildman–Crippen LogP) is 1.29. The van der Waals surface area contributed by atoms with Crippen molar-refractivity contribution in [2.45, 2.75) is 32.6 Å². The molecule has 0 aliphatic rings. The molecule has 26 heavy (non-hydrogen) atoms. The van der Waals surface area contributed by atoms with Gasteiger partial charge >= 0.3 is 11.8 Å². The van der Waals surface area contributed by atoms with E-state index in [0.717, 1.165) is 4.68 Å². The molecule has 0 aliphatic carbocycles. The Morgan fingerprint density at radius 1 is 1.27 bits per heavy atom. The van der Waals surface area contributed by atoms with Crippen molar-refractivity contribution in [1.82, 2.24) is 0 Å². The van der Waals surface area contributed by atoms with Gasteiger partial charge in [0.2, 0.25) is 0 Å². The predicted molar refractivity (Wildman–Crippen MR) is 96.6 cm³/mol. The maximum atomic E-state index is 12.4. The summed E-state index contributed by atoms with van der Waals surface area (Å²) >= 11 is 0. The third kappa shape index (κ3) is 3.35. The van der Waals surface area contributed by atoms with Gasteiger partial charge in [-0.25, -0.2) is 4.79 Å². The number of hydrogen-bond donors (Lipinski definition) is 3. The molecule has 0 bridgehead atoms. The Morgan fingerprint density at radius 2 is 1.88 bits per heavy atom. The van der Waals surface area contributed by atoms with Gasteiger partial charge in [-0.15, -0.1) is 4.68 Å². The van der Waals surface area contributed by atoms with Crippen LogP contribution in [-0.4, -0.2) is 25.5 Å². The summed E-state index contributed by atoms with van der Waals surface area (Å²) in [6.45, 7) is 6.72. The van der Waals surface area contributed by atoms with Crippen molar-refractivity contribution in [1.29, 1.82) is 0 Å². The minimum absolute atomic E-state index is 0.0197. The summed E-state index contributed by atoms with van der Waals surface area (Å²) < 4.78 is 39.4. The van der Waals surface area contributed by atoms with Gasteiger partial charge in [0.1, 0.15) is 11.1 Å². The second-order valence-electron chi connectivity index (χ2n) is 5.93. The first-order valence-corrected chi connectivity index (χ1v) is 9.29. The lowest BCUT2D eigenvalue weighted by Gasteiger charge is -2.18. The summed E-state index contributed by atoms with van der Waals surface area (Å²) in [6, 6.07) is 3.18. The number of aromatic nitrogens is 1. The molecule has 0 amide bonds. The summed E-state index contributed by atoms with van der Waals surface area (Å²) in [5.41, 5.74) is 8.29. The van der Waals surface area contributed by atoms with E-state index in [-0.39, 0.29) is 22.9 Å². The lowest BCUT2D eigenvalue weighted by atomic mass is 9.91. The number of rotatable bonds is 4. The van der Waals surface area contributed by atoms with Crippen LogP contribution >= 0.6 is 0 Å². The minimum Gasteiger partial charge on any atom is -0.462 e. The van der Waals surface area contributed by atoms with Crippen molar-refractivity contribution in [2.24, 2.45) is 0 Å². The molecule has 0 atom stereocenters. The largest absolute Gasteiger partial charge is 0.462 e. The number of nitrogen functional groups attached to an aromatic ring is 2. The van der Waals surface area contributed by atoms with Crippen LogP contribution in [0.4, 0.5) is 5.82 Å². The van der Waals surface area contributed by atoms with Crippen LogP contribution in [0.1, 0.15) is 34.0 Å². The molecule has 2 aromatic rings. The van der Waals surface area contributed by atoms with E-state index in [1.807, 2.05) is 0 Å². The highest BCUT2D eigenvalue weighted by molar-refractivity contribution is 7.86. The number of nitrogens with zero attached hydrogens (tertiary/aromatic N) is 1. The quantitative estimate of drug-likeness (QED) is 0.314. The summed E-state index contributed by atoms with van der Waals surface area (Å²) in [5, 5.41) is 0. The van der Waals surface area contributed by atoms with E-state index in [1.54, 1.807) is 39.8 Å². The number of pyridine rings is 1. The third-order valence-corrected chi connectivity index (χ3v) is 5.26. The number of carbonyl (C=O) groups is 1. The normalized spacial score (nSPS) is 11.4. The van der Waals surface area contributed by atoms with Gasteiger partial charge in [-0.05, 0) is 56.0 Å². The maximum Gasteiger partial charge on any atom is 0.347 e. The van der Waals surface area contributed by atoms with Crippen LogP contribution in [-0.2, 0) is 14.9 Å². The maximum absolute atomic E-state index is 12.4. The molecule has 9 heteroatoms. The zero-order valence-electron chi connectivity index (χ0n) is 15.0. The molecule has 5 N–H and O–H groups in total. The lowest BCUT2D eigenvalue weighted by Crippen LogP contribution is -2.47. The highest BCUT2D eigenvalue weighted by Crippen LogP contribution is 2.36. The monoisotopic (exact) mass is 380 g/mol. The number of anilines is 1. The SMILES string of the molecule is CCOC(=O)c1c(-c2c(C)cc(C)c(S(=O)(=O)O)c2C)cc[n+](N)c1N. The van der Waals surface area contributed by atoms with Crippen LogP contribution < -0.4 is 16.3 Å². The van der Waals surface area contributed by atoms with Gasteiger partial charge in [0.05, 0.1) is 6.61 Å². The Balaban J connectivity index is 2.94. The van der Waals surface area contributed by atoms with Crippen LogP contribution in [0.25, 0.3) is 11.1 Å². The molecule has 2 rings (SSSR count). The van der Waals surface area contributed by atoms with E-state index in [2.05, 4.69) is 0 Å².